The molecule has 1 aliphatic heterocycles. The van der Waals surface area contributed by atoms with Gasteiger partial charge < -0.3 is 10.1 Å². The first-order valence-corrected chi connectivity index (χ1v) is 6.19. The van der Waals surface area contributed by atoms with Gasteiger partial charge in [0.05, 0.1) is 13.2 Å². The van der Waals surface area contributed by atoms with Crippen LogP contribution < -0.4 is 10.6 Å². The SMILES string of the molecule is O=C(CCCl)NC(=O)NCCN1CCOCC1. The average molecular weight is 264 g/mol. The minimum atomic E-state index is -0.464. The molecule has 98 valence electrons. The van der Waals surface area contributed by atoms with Crippen molar-refractivity contribution in [3.05, 3.63) is 0 Å². The highest BCUT2D eigenvalue weighted by molar-refractivity contribution is 6.19. The van der Waals surface area contributed by atoms with Gasteiger partial charge in [0.2, 0.25) is 5.91 Å². The number of nitrogens with one attached hydrogen (secondary N) is 2. The van der Waals surface area contributed by atoms with Gasteiger partial charge in [0.25, 0.3) is 0 Å². The molecular formula is C10H18ClN3O3. The molecule has 1 fully saturated rings. The molecule has 1 saturated heterocycles. The molecule has 6 nitrogen and oxygen atoms in total. The standard InChI is InChI=1S/C10H18ClN3O3/c11-2-1-9(15)13-10(16)12-3-4-14-5-7-17-8-6-14/h1-8H2,(H2,12,13,15,16). The number of alkyl halides is 1. The summed E-state index contributed by atoms with van der Waals surface area (Å²) in [6.45, 7) is 4.52. The molecule has 0 spiro atoms. The molecule has 0 bridgehead atoms. The topological polar surface area (TPSA) is 70.7 Å². The van der Waals surface area contributed by atoms with Crippen molar-refractivity contribution in [2.45, 2.75) is 6.42 Å². The number of hydrogen-bond acceptors (Lipinski definition) is 4. The van der Waals surface area contributed by atoms with E-state index >= 15 is 0 Å². The van der Waals surface area contributed by atoms with Crippen molar-refractivity contribution in [2.24, 2.45) is 0 Å². The quantitative estimate of drug-likeness (QED) is 0.673. The van der Waals surface area contributed by atoms with Crippen LogP contribution in [-0.4, -0.2) is 62.1 Å². The lowest BCUT2D eigenvalue weighted by atomic mass is 10.4. The number of imide groups is 1. The third-order valence-electron chi connectivity index (χ3n) is 2.39. The highest BCUT2D eigenvalue weighted by Gasteiger charge is 2.10. The first-order valence-electron chi connectivity index (χ1n) is 5.66. The van der Waals surface area contributed by atoms with Crippen molar-refractivity contribution in [3.8, 4) is 0 Å². The van der Waals surface area contributed by atoms with E-state index < -0.39 is 6.03 Å². The van der Waals surface area contributed by atoms with E-state index in [1.165, 1.54) is 0 Å². The number of ether oxygens (including phenoxy) is 1. The molecule has 0 unspecified atom stereocenters. The summed E-state index contributed by atoms with van der Waals surface area (Å²) in [6, 6.07) is -0.464. The zero-order valence-corrected chi connectivity index (χ0v) is 10.5. The Kier molecular flexibility index (Phi) is 6.91. The molecule has 7 heteroatoms. The summed E-state index contributed by atoms with van der Waals surface area (Å²) < 4.78 is 5.21. The van der Waals surface area contributed by atoms with E-state index in [9.17, 15) is 9.59 Å². The summed E-state index contributed by atoms with van der Waals surface area (Å²) in [5.74, 6) is -0.142. The zero-order chi connectivity index (χ0) is 12.5. The van der Waals surface area contributed by atoms with E-state index in [1.807, 2.05) is 0 Å². The second-order valence-corrected chi connectivity index (χ2v) is 4.08. The van der Waals surface area contributed by atoms with Crippen LogP contribution in [0.3, 0.4) is 0 Å². The lowest BCUT2D eigenvalue weighted by Crippen LogP contribution is -2.45. The first-order chi connectivity index (χ1) is 8.22. The fourth-order valence-corrected chi connectivity index (χ4v) is 1.64. The van der Waals surface area contributed by atoms with Crippen molar-refractivity contribution in [1.82, 2.24) is 15.5 Å². The van der Waals surface area contributed by atoms with Crippen LogP contribution in [0.25, 0.3) is 0 Å². The number of rotatable bonds is 5. The van der Waals surface area contributed by atoms with Gasteiger partial charge in [-0.15, -0.1) is 11.6 Å². The molecule has 0 aliphatic carbocycles. The van der Waals surface area contributed by atoms with Gasteiger partial charge in [0, 0.05) is 38.5 Å². The van der Waals surface area contributed by atoms with Crippen molar-refractivity contribution in [3.63, 3.8) is 0 Å². The van der Waals surface area contributed by atoms with Gasteiger partial charge in [-0.05, 0) is 0 Å². The molecule has 17 heavy (non-hydrogen) atoms. The fraction of sp³-hybridized carbons (Fsp3) is 0.800. The molecule has 1 aliphatic rings. The van der Waals surface area contributed by atoms with Gasteiger partial charge in [0.15, 0.2) is 0 Å². The predicted molar refractivity (Wildman–Crippen MR) is 64.1 cm³/mol. The monoisotopic (exact) mass is 263 g/mol. The first kappa shape index (κ1) is 14.2. The number of hydrogen-bond donors (Lipinski definition) is 2. The van der Waals surface area contributed by atoms with Gasteiger partial charge in [-0.1, -0.05) is 0 Å². The van der Waals surface area contributed by atoms with Crippen molar-refractivity contribution in [2.75, 3.05) is 45.3 Å². The van der Waals surface area contributed by atoms with E-state index in [1.54, 1.807) is 0 Å². The van der Waals surface area contributed by atoms with Crippen molar-refractivity contribution < 1.29 is 14.3 Å². The van der Waals surface area contributed by atoms with Gasteiger partial charge in [-0.25, -0.2) is 4.79 Å². The third-order valence-corrected chi connectivity index (χ3v) is 2.58. The Labute approximate surface area is 106 Å². The molecule has 0 atom stereocenters. The van der Waals surface area contributed by atoms with E-state index in [-0.39, 0.29) is 18.2 Å². The van der Waals surface area contributed by atoms with E-state index in [0.717, 1.165) is 32.8 Å². The molecule has 1 heterocycles. The summed E-state index contributed by atoms with van der Waals surface area (Å²) >= 11 is 5.37. The van der Waals surface area contributed by atoms with Gasteiger partial charge in [-0.2, -0.15) is 0 Å². The van der Waals surface area contributed by atoms with Crippen LogP contribution in [0.1, 0.15) is 6.42 Å². The molecule has 2 N–H and O–H groups in total. The molecular weight excluding hydrogens is 246 g/mol. The average Bonchev–Trinajstić information content (AvgIpc) is 2.30. The Hall–Kier alpha value is -0.850. The summed E-state index contributed by atoms with van der Waals surface area (Å²) in [4.78, 5) is 24.5. The minimum Gasteiger partial charge on any atom is -0.379 e. The summed E-state index contributed by atoms with van der Waals surface area (Å²) in [5.41, 5.74) is 0. The summed E-state index contributed by atoms with van der Waals surface area (Å²) in [7, 11) is 0. The van der Waals surface area contributed by atoms with Crippen LogP contribution in [0.2, 0.25) is 0 Å². The lowest BCUT2D eigenvalue weighted by Gasteiger charge is -2.26. The molecule has 0 saturated carbocycles. The van der Waals surface area contributed by atoms with Crippen LogP contribution in [-0.2, 0) is 9.53 Å². The van der Waals surface area contributed by atoms with Crippen molar-refractivity contribution in [1.29, 1.82) is 0 Å². The van der Waals surface area contributed by atoms with Gasteiger partial charge >= 0.3 is 6.03 Å². The maximum absolute atomic E-state index is 11.2. The number of amides is 3. The van der Waals surface area contributed by atoms with Crippen LogP contribution in [0, 0.1) is 0 Å². The molecule has 0 aromatic heterocycles. The Bertz CT molecular complexity index is 257. The normalized spacial score (nSPS) is 16.5. The Morgan fingerprint density at radius 2 is 2.00 bits per heavy atom. The molecule has 3 amide bonds. The largest absolute Gasteiger partial charge is 0.379 e. The molecule has 0 aromatic rings. The van der Waals surface area contributed by atoms with E-state index in [4.69, 9.17) is 16.3 Å². The van der Waals surface area contributed by atoms with Crippen molar-refractivity contribution >= 4 is 23.5 Å². The number of urea groups is 1. The number of halogens is 1. The third kappa shape index (κ3) is 6.45. The number of carbonyl (C=O) groups is 2. The highest BCUT2D eigenvalue weighted by Crippen LogP contribution is 1.94. The Balaban J connectivity index is 2.05. The second-order valence-electron chi connectivity index (χ2n) is 3.70. The van der Waals surface area contributed by atoms with Gasteiger partial charge in [0.1, 0.15) is 0 Å². The lowest BCUT2D eigenvalue weighted by molar-refractivity contribution is -0.119. The van der Waals surface area contributed by atoms with Gasteiger partial charge in [-0.3, -0.25) is 15.0 Å². The fourth-order valence-electron chi connectivity index (χ4n) is 1.47. The number of morpholine rings is 1. The highest BCUT2D eigenvalue weighted by atomic mass is 35.5. The zero-order valence-electron chi connectivity index (χ0n) is 9.71. The summed E-state index contributed by atoms with van der Waals surface area (Å²) in [6.07, 6.45) is 0.151. The second kappa shape index (κ2) is 8.27. The summed E-state index contributed by atoms with van der Waals surface area (Å²) in [5, 5.41) is 4.82. The molecule has 0 aromatic carbocycles. The van der Waals surface area contributed by atoms with Crippen LogP contribution >= 0.6 is 11.6 Å². The predicted octanol–water partition coefficient (Wildman–Crippen LogP) is -0.227. The number of nitrogens with zero attached hydrogens (tertiary/aromatic N) is 1. The van der Waals surface area contributed by atoms with E-state index in [0.29, 0.717) is 6.54 Å². The van der Waals surface area contributed by atoms with Crippen LogP contribution in [0.5, 0.6) is 0 Å². The smallest absolute Gasteiger partial charge is 0.321 e. The Morgan fingerprint density at radius 1 is 1.29 bits per heavy atom. The van der Waals surface area contributed by atoms with Crippen LogP contribution in [0.4, 0.5) is 4.79 Å². The maximum Gasteiger partial charge on any atom is 0.321 e. The number of carbonyl (C=O) groups excluding carboxylic acids is 2. The minimum absolute atomic E-state index is 0.151. The van der Waals surface area contributed by atoms with E-state index in [2.05, 4.69) is 15.5 Å². The van der Waals surface area contributed by atoms with Crippen LogP contribution in [0.15, 0.2) is 0 Å². The molecule has 1 rings (SSSR count). The Morgan fingerprint density at radius 3 is 2.65 bits per heavy atom. The maximum atomic E-state index is 11.2. The molecule has 0 radical (unpaired) electrons.